The Hall–Kier alpha value is -3.07. The average Bonchev–Trinajstić information content (AvgIpc) is 3.20. The molecule has 1 fully saturated rings. The molecular formula is C22H21NO7S. The number of thioether (sulfide) groups is 1. The van der Waals surface area contributed by atoms with Crippen molar-refractivity contribution in [2.24, 2.45) is 0 Å². The molecule has 31 heavy (non-hydrogen) atoms. The first-order chi connectivity index (χ1) is 14.8. The van der Waals surface area contributed by atoms with Gasteiger partial charge < -0.3 is 13.7 Å². The highest BCUT2D eigenvalue weighted by molar-refractivity contribution is 7.98. The number of carbonyl (C=O) groups is 3. The Morgan fingerprint density at radius 1 is 1.03 bits per heavy atom. The molecule has 0 saturated carbocycles. The van der Waals surface area contributed by atoms with Crippen LogP contribution in [0, 0.1) is 20.8 Å². The Morgan fingerprint density at radius 2 is 1.71 bits per heavy atom. The number of benzene rings is 1. The number of fused-ring (bicyclic) bond motifs is 2. The number of hydrogen-bond donors (Lipinski definition) is 0. The number of aryl methyl sites for hydroxylation is 3. The monoisotopic (exact) mass is 443 g/mol. The van der Waals surface area contributed by atoms with Crippen LogP contribution in [0.25, 0.3) is 21.9 Å². The van der Waals surface area contributed by atoms with Crippen molar-refractivity contribution in [3.8, 4) is 0 Å². The first-order valence-electron chi connectivity index (χ1n) is 9.86. The van der Waals surface area contributed by atoms with Crippen molar-refractivity contribution in [3.05, 3.63) is 45.0 Å². The van der Waals surface area contributed by atoms with Crippen LogP contribution in [-0.2, 0) is 25.0 Å². The minimum Gasteiger partial charge on any atom is -0.461 e. The van der Waals surface area contributed by atoms with Gasteiger partial charge in [0, 0.05) is 52.3 Å². The zero-order valence-electron chi connectivity index (χ0n) is 17.4. The molecular weight excluding hydrogens is 422 g/mol. The fourth-order valence-corrected chi connectivity index (χ4v) is 4.68. The third-order valence-corrected chi connectivity index (χ3v) is 6.31. The van der Waals surface area contributed by atoms with Gasteiger partial charge in [-0.3, -0.25) is 9.59 Å². The fourth-order valence-electron chi connectivity index (χ4n) is 3.67. The number of amides is 2. The third kappa shape index (κ3) is 3.97. The van der Waals surface area contributed by atoms with Crippen molar-refractivity contribution in [1.29, 1.82) is 0 Å². The summed E-state index contributed by atoms with van der Waals surface area (Å²) < 4.78 is 11.4. The van der Waals surface area contributed by atoms with Crippen LogP contribution in [-0.4, -0.2) is 28.6 Å². The molecule has 1 aromatic carbocycles. The lowest BCUT2D eigenvalue weighted by atomic mass is 10.0. The molecule has 0 aliphatic carbocycles. The second-order valence-corrected chi connectivity index (χ2v) is 8.59. The second-order valence-electron chi connectivity index (χ2n) is 7.49. The number of rotatable bonds is 6. The molecule has 1 aliphatic heterocycles. The molecule has 0 atom stereocenters. The molecule has 4 rings (SSSR count). The van der Waals surface area contributed by atoms with E-state index in [0.717, 1.165) is 33.2 Å². The predicted octanol–water partition coefficient (Wildman–Crippen LogP) is 3.69. The molecule has 0 N–H and O–H groups in total. The van der Waals surface area contributed by atoms with E-state index in [-0.39, 0.29) is 19.3 Å². The van der Waals surface area contributed by atoms with Crippen molar-refractivity contribution in [2.45, 2.75) is 45.8 Å². The van der Waals surface area contributed by atoms with Crippen molar-refractivity contribution in [1.82, 2.24) is 5.06 Å². The topological polar surface area (TPSA) is 107 Å². The van der Waals surface area contributed by atoms with E-state index in [1.165, 1.54) is 17.8 Å². The Morgan fingerprint density at radius 3 is 2.42 bits per heavy atom. The number of hydrogen-bond acceptors (Lipinski definition) is 8. The lowest BCUT2D eigenvalue weighted by Crippen LogP contribution is -2.32. The lowest BCUT2D eigenvalue weighted by molar-refractivity contribution is -0.197. The van der Waals surface area contributed by atoms with E-state index in [1.54, 1.807) is 0 Å². The summed E-state index contributed by atoms with van der Waals surface area (Å²) in [7, 11) is 0. The van der Waals surface area contributed by atoms with E-state index in [9.17, 15) is 19.2 Å². The standard InChI is InChI=1S/C22H21NO7S/c1-11-8-20(27)29-21-12(2)22-15(9-14(11)21)16(13(3)28-22)10-31-7-6-19(26)30-23-17(24)4-5-18(23)25/h8-9H,4-7,10H2,1-3H3. The minimum absolute atomic E-state index is 0.0722. The molecule has 1 aliphatic rings. The number of imide groups is 1. The van der Waals surface area contributed by atoms with Crippen LogP contribution in [0.2, 0.25) is 0 Å². The largest absolute Gasteiger partial charge is 0.461 e. The van der Waals surface area contributed by atoms with Gasteiger partial charge in [0.25, 0.3) is 11.8 Å². The molecule has 1 saturated heterocycles. The smallest absolute Gasteiger partial charge is 0.336 e. The van der Waals surface area contributed by atoms with Crippen molar-refractivity contribution < 1.29 is 28.1 Å². The number of furan rings is 1. The van der Waals surface area contributed by atoms with E-state index >= 15 is 0 Å². The van der Waals surface area contributed by atoms with Gasteiger partial charge in [-0.15, -0.1) is 5.06 Å². The summed E-state index contributed by atoms with van der Waals surface area (Å²) in [5.41, 5.74) is 3.43. The number of carbonyl (C=O) groups excluding carboxylic acids is 3. The molecule has 3 aromatic rings. The molecule has 162 valence electrons. The zero-order valence-corrected chi connectivity index (χ0v) is 18.2. The zero-order chi connectivity index (χ0) is 22.3. The summed E-state index contributed by atoms with van der Waals surface area (Å²) in [5, 5.41) is 2.37. The molecule has 9 heteroatoms. The summed E-state index contributed by atoms with van der Waals surface area (Å²) in [6.45, 7) is 5.61. The van der Waals surface area contributed by atoms with Crippen LogP contribution in [0.15, 0.2) is 25.8 Å². The van der Waals surface area contributed by atoms with Crippen LogP contribution in [0.3, 0.4) is 0 Å². The van der Waals surface area contributed by atoms with Gasteiger partial charge in [0.2, 0.25) is 0 Å². The quantitative estimate of drug-likeness (QED) is 0.322. The van der Waals surface area contributed by atoms with Gasteiger partial charge in [-0.1, -0.05) is 0 Å². The first-order valence-corrected chi connectivity index (χ1v) is 11.0. The van der Waals surface area contributed by atoms with Gasteiger partial charge in [-0.25, -0.2) is 9.59 Å². The lowest BCUT2D eigenvalue weighted by Gasteiger charge is -2.12. The van der Waals surface area contributed by atoms with Gasteiger partial charge in [0.15, 0.2) is 0 Å². The minimum atomic E-state index is -0.614. The highest BCUT2D eigenvalue weighted by Crippen LogP contribution is 2.35. The molecule has 2 amide bonds. The van der Waals surface area contributed by atoms with Gasteiger partial charge in [0.1, 0.15) is 16.9 Å². The highest BCUT2D eigenvalue weighted by atomic mass is 32.2. The summed E-state index contributed by atoms with van der Waals surface area (Å²) in [5.74, 6) is 0.241. The SMILES string of the molecule is Cc1oc2c(C)c3oc(=O)cc(C)c3cc2c1CSCCC(=O)ON1C(=O)CCC1=O. The van der Waals surface area contributed by atoms with Gasteiger partial charge in [0.05, 0.1) is 6.42 Å². The van der Waals surface area contributed by atoms with E-state index in [0.29, 0.717) is 27.7 Å². The number of nitrogens with zero attached hydrogens (tertiary/aromatic N) is 1. The summed E-state index contributed by atoms with van der Waals surface area (Å²) in [4.78, 5) is 51.6. The molecule has 0 unspecified atom stereocenters. The first kappa shape index (κ1) is 21.2. The maximum Gasteiger partial charge on any atom is 0.336 e. The van der Waals surface area contributed by atoms with Gasteiger partial charge in [-0.05, 0) is 32.4 Å². The number of hydroxylamine groups is 2. The molecule has 0 bridgehead atoms. The van der Waals surface area contributed by atoms with Crippen molar-refractivity contribution >= 4 is 51.5 Å². The van der Waals surface area contributed by atoms with Crippen LogP contribution >= 0.6 is 11.8 Å². The Kier molecular flexibility index (Phi) is 5.62. The van der Waals surface area contributed by atoms with Crippen molar-refractivity contribution in [2.75, 3.05) is 5.75 Å². The summed E-state index contributed by atoms with van der Waals surface area (Å²) >= 11 is 1.52. The maximum atomic E-state index is 12.0. The molecule has 2 aromatic heterocycles. The van der Waals surface area contributed by atoms with E-state index in [1.807, 2.05) is 26.8 Å². The Balaban J connectivity index is 1.47. The maximum absolute atomic E-state index is 12.0. The van der Waals surface area contributed by atoms with Crippen LogP contribution in [0.5, 0.6) is 0 Å². The molecule has 0 spiro atoms. The average molecular weight is 443 g/mol. The van der Waals surface area contributed by atoms with Gasteiger partial charge >= 0.3 is 11.6 Å². The van der Waals surface area contributed by atoms with Gasteiger partial charge in [-0.2, -0.15) is 11.8 Å². The third-order valence-electron chi connectivity index (χ3n) is 5.32. The Bertz CT molecular complexity index is 1270. The second kappa shape index (κ2) is 8.22. The normalized spacial score (nSPS) is 14.2. The van der Waals surface area contributed by atoms with E-state index in [4.69, 9.17) is 13.7 Å². The van der Waals surface area contributed by atoms with E-state index < -0.39 is 23.4 Å². The van der Waals surface area contributed by atoms with Crippen LogP contribution in [0.4, 0.5) is 0 Å². The molecule has 0 radical (unpaired) electrons. The van der Waals surface area contributed by atoms with Crippen LogP contribution in [0.1, 0.15) is 41.7 Å². The van der Waals surface area contributed by atoms with E-state index in [2.05, 4.69) is 0 Å². The molecule has 8 nitrogen and oxygen atoms in total. The summed E-state index contributed by atoms with van der Waals surface area (Å²) in [6, 6.07) is 3.44. The Labute approximate surface area is 181 Å². The predicted molar refractivity (Wildman–Crippen MR) is 114 cm³/mol. The van der Waals surface area contributed by atoms with Crippen molar-refractivity contribution in [3.63, 3.8) is 0 Å². The summed E-state index contributed by atoms with van der Waals surface area (Å²) in [6.07, 6.45) is 0.220. The van der Waals surface area contributed by atoms with Crippen LogP contribution < -0.4 is 5.63 Å². The fraction of sp³-hybridized carbons (Fsp3) is 0.364. The highest BCUT2D eigenvalue weighted by Gasteiger charge is 2.32. The molecule has 3 heterocycles.